The number of ether oxygens (including phenoxy) is 1. The molecular weight excluding hydrogens is 231 g/mol. The van der Waals surface area contributed by atoms with Gasteiger partial charge >= 0.3 is 0 Å². The van der Waals surface area contributed by atoms with Gasteiger partial charge < -0.3 is 7.80 Å². The molecule has 0 radical (unpaired) electrons. The van der Waals surface area contributed by atoms with Crippen LogP contribution in [0.5, 0.6) is 0 Å². The fourth-order valence-electron chi connectivity index (χ4n) is 0.439. The average molecular weight is 244 g/mol. The first-order valence-corrected chi connectivity index (χ1v) is 4.11. The van der Waals surface area contributed by atoms with Gasteiger partial charge in [0.2, 0.25) is 0 Å². The molecule has 0 N–H and O–H groups in total. The second-order valence-electron chi connectivity index (χ2n) is 1.78. The summed E-state index contributed by atoms with van der Waals surface area (Å²) in [5, 5.41) is 0. The molecule has 0 heterocycles. The molecule has 56 valence electrons. The highest BCUT2D eigenvalue weighted by Gasteiger charge is 1.85. The Morgan fingerprint density at radius 3 is 2.56 bits per heavy atom. The first kappa shape index (κ1) is 9.65. The molecule has 0 aromatic heterocycles. The van der Waals surface area contributed by atoms with E-state index in [9.17, 15) is 0 Å². The second-order valence-corrected chi connectivity index (χ2v) is 2.40. The number of hydrogen-bond donors (Lipinski definition) is 0. The van der Waals surface area contributed by atoms with Gasteiger partial charge in [0.05, 0.1) is 13.2 Å². The molecule has 2 nitrogen and oxygen atoms in total. The van der Waals surface area contributed by atoms with Gasteiger partial charge in [-0.3, -0.25) is 0 Å². The summed E-state index contributed by atoms with van der Waals surface area (Å²) in [4.78, 5) is 0. The molecular formula is C6H13IO2. The van der Waals surface area contributed by atoms with Gasteiger partial charge in [-0.1, -0.05) is 13.3 Å². The predicted octanol–water partition coefficient (Wildman–Crippen LogP) is 2.17. The van der Waals surface area contributed by atoms with Gasteiger partial charge in [-0.05, 0) is 6.42 Å². The molecule has 0 amide bonds. The SMILES string of the molecule is CCCCOCCOI. The molecule has 0 aliphatic heterocycles. The normalized spacial score (nSPS) is 10.0. The quantitative estimate of drug-likeness (QED) is 0.526. The van der Waals surface area contributed by atoms with E-state index in [1.807, 2.05) is 23.0 Å². The summed E-state index contributed by atoms with van der Waals surface area (Å²) in [6.45, 7) is 4.45. The molecule has 0 saturated heterocycles. The molecule has 0 atom stereocenters. The Morgan fingerprint density at radius 1 is 1.22 bits per heavy atom. The lowest BCUT2D eigenvalue weighted by Gasteiger charge is -1.99. The highest BCUT2D eigenvalue weighted by molar-refractivity contribution is 14.1. The summed E-state index contributed by atoms with van der Waals surface area (Å²) in [7, 11) is 0. The van der Waals surface area contributed by atoms with Crippen LogP contribution >= 0.6 is 23.0 Å². The molecule has 3 heteroatoms. The van der Waals surface area contributed by atoms with Crippen LogP contribution in [0.25, 0.3) is 0 Å². The summed E-state index contributed by atoms with van der Waals surface area (Å²) < 4.78 is 9.95. The van der Waals surface area contributed by atoms with Gasteiger partial charge in [0.1, 0.15) is 23.0 Å². The van der Waals surface area contributed by atoms with Crippen LogP contribution in [0.3, 0.4) is 0 Å². The van der Waals surface area contributed by atoms with Crippen molar-refractivity contribution < 1.29 is 7.80 Å². The van der Waals surface area contributed by atoms with Crippen LogP contribution in [0.1, 0.15) is 19.8 Å². The lowest BCUT2D eigenvalue weighted by Crippen LogP contribution is -2.00. The van der Waals surface area contributed by atoms with Crippen molar-refractivity contribution in [2.45, 2.75) is 19.8 Å². The lowest BCUT2D eigenvalue weighted by atomic mass is 10.4. The van der Waals surface area contributed by atoms with Crippen molar-refractivity contribution in [3.8, 4) is 0 Å². The van der Waals surface area contributed by atoms with Gasteiger partial charge in [-0.25, -0.2) is 0 Å². The van der Waals surface area contributed by atoms with Crippen molar-refractivity contribution in [1.29, 1.82) is 0 Å². The largest absolute Gasteiger partial charge is 0.379 e. The third kappa shape index (κ3) is 8.65. The van der Waals surface area contributed by atoms with E-state index in [2.05, 4.69) is 6.92 Å². The first-order chi connectivity index (χ1) is 4.41. The predicted molar refractivity (Wildman–Crippen MR) is 45.7 cm³/mol. The molecule has 0 aliphatic rings. The summed E-state index contributed by atoms with van der Waals surface area (Å²) in [5.74, 6) is 0. The van der Waals surface area contributed by atoms with Crippen LogP contribution in [0, 0.1) is 0 Å². The monoisotopic (exact) mass is 244 g/mol. The van der Waals surface area contributed by atoms with Crippen molar-refractivity contribution in [1.82, 2.24) is 0 Å². The van der Waals surface area contributed by atoms with Crippen molar-refractivity contribution >= 4 is 23.0 Å². The molecule has 0 aliphatic carbocycles. The van der Waals surface area contributed by atoms with E-state index in [1.165, 1.54) is 6.42 Å². The molecule has 0 rings (SSSR count). The number of halogens is 1. The minimum Gasteiger partial charge on any atom is -0.379 e. The molecule has 0 bridgehead atoms. The third-order valence-electron chi connectivity index (χ3n) is 0.947. The zero-order chi connectivity index (χ0) is 6.95. The Kier molecular flexibility index (Phi) is 9.27. The molecule has 0 aromatic rings. The van der Waals surface area contributed by atoms with E-state index < -0.39 is 0 Å². The third-order valence-corrected chi connectivity index (χ3v) is 1.39. The number of rotatable bonds is 6. The van der Waals surface area contributed by atoms with E-state index >= 15 is 0 Å². The molecule has 0 spiro atoms. The maximum absolute atomic E-state index is 5.18. The van der Waals surface area contributed by atoms with Crippen molar-refractivity contribution in [3.63, 3.8) is 0 Å². The van der Waals surface area contributed by atoms with E-state index in [0.717, 1.165) is 19.6 Å². The van der Waals surface area contributed by atoms with Crippen LogP contribution in [0.15, 0.2) is 0 Å². The van der Waals surface area contributed by atoms with Crippen LogP contribution < -0.4 is 0 Å². The van der Waals surface area contributed by atoms with Crippen LogP contribution in [-0.2, 0) is 7.80 Å². The molecule has 0 aromatic carbocycles. The smallest absolute Gasteiger partial charge is 0.109 e. The Bertz CT molecular complexity index is 44.3. The van der Waals surface area contributed by atoms with Crippen molar-refractivity contribution in [2.75, 3.05) is 19.8 Å². The van der Waals surface area contributed by atoms with Crippen LogP contribution in [0.4, 0.5) is 0 Å². The van der Waals surface area contributed by atoms with Crippen LogP contribution in [-0.4, -0.2) is 19.8 Å². The highest BCUT2D eigenvalue weighted by atomic mass is 127. The second kappa shape index (κ2) is 8.65. The first-order valence-electron chi connectivity index (χ1n) is 3.23. The maximum Gasteiger partial charge on any atom is 0.109 e. The zero-order valence-corrected chi connectivity index (χ0v) is 7.89. The van der Waals surface area contributed by atoms with Gasteiger partial charge in [0.15, 0.2) is 0 Å². The standard InChI is InChI=1S/C6H13IO2/c1-2-3-4-8-5-6-9-7/h2-6H2,1H3. The van der Waals surface area contributed by atoms with E-state index in [1.54, 1.807) is 0 Å². The lowest BCUT2D eigenvalue weighted by molar-refractivity contribution is 0.110. The van der Waals surface area contributed by atoms with E-state index in [-0.39, 0.29) is 0 Å². The Hall–Kier alpha value is 0.650. The summed E-state index contributed by atoms with van der Waals surface area (Å²) in [5.41, 5.74) is 0. The number of unbranched alkanes of at least 4 members (excludes halogenated alkanes) is 1. The van der Waals surface area contributed by atoms with Crippen LogP contribution in [0.2, 0.25) is 0 Å². The van der Waals surface area contributed by atoms with Gasteiger partial charge in [0, 0.05) is 6.61 Å². The summed E-state index contributed by atoms with van der Waals surface area (Å²) in [6.07, 6.45) is 2.35. The average Bonchev–Trinajstić information content (AvgIpc) is 1.89. The van der Waals surface area contributed by atoms with E-state index in [4.69, 9.17) is 7.80 Å². The fraction of sp³-hybridized carbons (Fsp3) is 1.00. The van der Waals surface area contributed by atoms with Crippen molar-refractivity contribution in [2.24, 2.45) is 0 Å². The molecule has 0 saturated carbocycles. The van der Waals surface area contributed by atoms with Gasteiger partial charge in [0.25, 0.3) is 0 Å². The maximum atomic E-state index is 5.18. The fourth-order valence-corrected chi connectivity index (χ4v) is 0.619. The van der Waals surface area contributed by atoms with E-state index in [0.29, 0.717) is 6.61 Å². The minimum absolute atomic E-state index is 0.699. The Balaban J connectivity index is 2.60. The topological polar surface area (TPSA) is 18.5 Å². The minimum atomic E-state index is 0.699. The Labute approximate surface area is 70.6 Å². The summed E-state index contributed by atoms with van der Waals surface area (Å²) in [6, 6.07) is 0. The Morgan fingerprint density at radius 2 is 2.00 bits per heavy atom. The van der Waals surface area contributed by atoms with Gasteiger partial charge in [-0.2, -0.15) is 0 Å². The molecule has 0 unspecified atom stereocenters. The van der Waals surface area contributed by atoms with Gasteiger partial charge in [-0.15, -0.1) is 0 Å². The van der Waals surface area contributed by atoms with Crippen molar-refractivity contribution in [3.05, 3.63) is 0 Å². The highest BCUT2D eigenvalue weighted by Crippen LogP contribution is 1.89. The molecule has 9 heavy (non-hydrogen) atoms. The number of hydrogen-bond acceptors (Lipinski definition) is 2. The molecule has 0 fully saturated rings. The zero-order valence-electron chi connectivity index (χ0n) is 5.73. The summed E-state index contributed by atoms with van der Waals surface area (Å²) >= 11 is 1.87.